The Balaban J connectivity index is 2.66. The van der Waals surface area contributed by atoms with E-state index in [2.05, 4.69) is 9.40 Å². The summed E-state index contributed by atoms with van der Waals surface area (Å²) in [6.45, 7) is 0. The van der Waals surface area contributed by atoms with E-state index in [1.54, 1.807) is 18.2 Å². The first kappa shape index (κ1) is 7.55. The number of alkyl halides is 1. The zero-order valence-electron chi connectivity index (χ0n) is 6.05. The lowest BCUT2D eigenvalue weighted by atomic mass is 10.2. The van der Waals surface area contributed by atoms with Crippen LogP contribution in [-0.2, 0) is 5.88 Å². The van der Waals surface area contributed by atoms with E-state index in [-0.39, 0.29) is 0 Å². The van der Waals surface area contributed by atoms with Crippen LogP contribution in [0.3, 0.4) is 0 Å². The van der Waals surface area contributed by atoms with Crippen molar-refractivity contribution in [2.75, 3.05) is 0 Å². The third-order valence-corrected chi connectivity index (χ3v) is 1.89. The SMILES string of the molecule is Fc1nc2ccc(CCl)cc2o1. The van der Waals surface area contributed by atoms with Gasteiger partial charge in [-0.3, -0.25) is 0 Å². The van der Waals surface area contributed by atoms with Crippen molar-refractivity contribution >= 4 is 22.7 Å². The second-order valence-corrected chi connectivity index (χ2v) is 2.67. The summed E-state index contributed by atoms with van der Waals surface area (Å²) in [6, 6.07) is 5.15. The average Bonchev–Trinajstić information content (AvgIpc) is 2.43. The van der Waals surface area contributed by atoms with Gasteiger partial charge in [0.15, 0.2) is 5.58 Å². The Hall–Kier alpha value is -1.09. The van der Waals surface area contributed by atoms with Crippen LogP contribution in [0.15, 0.2) is 22.6 Å². The summed E-state index contributed by atoms with van der Waals surface area (Å²) in [4.78, 5) is 3.51. The van der Waals surface area contributed by atoms with Crippen LogP contribution in [0, 0.1) is 6.14 Å². The molecular formula is C8H5ClFNO. The molecule has 0 unspecified atom stereocenters. The number of nitrogens with zero attached hydrogens (tertiary/aromatic N) is 1. The fourth-order valence-corrected chi connectivity index (χ4v) is 1.19. The number of aromatic nitrogens is 1. The first-order valence-corrected chi connectivity index (χ1v) is 3.94. The van der Waals surface area contributed by atoms with E-state index in [1.807, 2.05) is 0 Å². The van der Waals surface area contributed by atoms with Gasteiger partial charge in [0, 0.05) is 5.88 Å². The number of benzene rings is 1. The Morgan fingerprint density at radius 1 is 1.50 bits per heavy atom. The summed E-state index contributed by atoms with van der Waals surface area (Å²) in [5.74, 6) is 0.387. The normalized spacial score (nSPS) is 10.8. The van der Waals surface area contributed by atoms with Gasteiger partial charge in [-0.2, -0.15) is 4.98 Å². The minimum absolute atomic E-state index is 0.387. The molecular weight excluding hydrogens is 181 g/mol. The van der Waals surface area contributed by atoms with E-state index >= 15 is 0 Å². The van der Waals surface area contributed by atoms with Gasteiger partial charge in [0.25, 0.3) is 0 Å². The van der Waals surface area contributed by atoms with Crippen LogP contribution < -0.4 is 0 Å². The minimum atomic E-state index is -0.809. The van der Waals surface area contributed by atoms with Crippen molar-refractivity contribution in [3.8, 4) is 0 Å². The topological polar surface area (TPSA) is 26.0 Å². The lowest BCUT2D eigenvalue weighted by Crippen LogP contribution is -1.75. The van der Waals surface area contributed by atoms with Crippen LogP contribution in [0.2, 0.25) is 0 Å². The highest BCUT2D eigenvalue weighted by Crippen LogP contribution is 2.17. The number of halogens is 2. The maximum absolute atomic E-state index is 12.4. The van der Waals surface area contributed by atoms with Gasteiger partial charge >= 0.3 is 6.14 Å². The van der Waals surface area contributed by atoms with Gasteiger partial charge in [-0.15, -0.1) is 16.0 Å². The van der Waals surface area contributed by atoms with Crippen molar-refractivity contribution in [1.29, 1.82) is 0 Å². The smallest absolute Gasteiger partial charge is 0.382 e. The standard InChI is InChI=1S/C8H5ClFNO/c9-4-5-1-2-6-7(3-5)12-8(10)11-6/h1-3H,4H2. The molecule has 2 nitrogen and oxygen atoms in total. The van der Waals surface area contributed by atoms with Gasteiger partial charge in [-0.1, -0.05) is 6.07 Å². The largest absolute Gasteiger partial charge is 0.415 e. The van der Waals surface area contributed by atoms with Crippen molar-refractivity contribution in [1.82, 2.24) is 4.98 Å². The maximum atomic E-state index is 12.4. The molecule has 0 fully saturated rings. The van der Waals surface area contributed by atoms with Gasteiger partial charge < -0.3 is 4.42 Å². The van der Waals surface area contributed by atoms with Gasteiger partial charge in [0.2, 0.25) is 0 Å². The Labute approximate surface area is 73.0 Å². The maximum Gasteiger partial charge on any atom is 0.382 e. The first-order chi connectivity index (χ1) is 5.79. The molecule has 0 spiro atoms. The van der Waals surface area contributed by atoms with Crippen LogP contribution in [0.1, 0.15) is 5.56 Å². The summed E-state index contributed by atoms with van der Waals surface area (Å²) in [5.41, 5.74) is 1.84. The minimum Gasteiger partial charge on any atom is -0.415 e. The number of hydrogen-bond donors (Lipinski definition) is 0. The van der Waals surface area contributed by atoms with E-state index < -0.39 is 6.14 Å². The van der Waals surface area contributed by atoms with Crippen molar-refractivity contribution in [3.63, 3.8) is 0 Å². The monoisotopic (exact) mass is 185 g/mol. The van der Waals surface area contributed by atoms with Crippen LogP contribution >= 0.6 is 11.6 Å². The average molecular weight is 186 g/mol. The highest BCUT2D eigenvalue weighted by molar-refractivity contribution is 6.17. The van der Waals surface area contributed by atoms with Crippen molar-refractivity contribution in [2.45, 2.75) is 5.88 Å². The Morgan fingerprint density at radius 2 is 2.33 bits per heavy atom. The molecule has 1 aromatic carbocycles. The van der Waals surface area contributed by atoms with Gasteiger partial charge in [-0.25, -0.2) is 0 Å². The third-order valence-electron chi connectivity index (χ3n) is 1.58. The molecule has 0 N–H and O–H groups in total. The molecule has 0 aliphatic rings. The lowest BCUT2D eigenvalue weighted by Gasteiger charge is -1.91. The fraction of sp³-hybridized carbons (Fsp3) is 0.125. The molecule has 0 radical (unpaired) electrons. The summed E-state index contributed by atoms with van der Waals surface area (Å²) < 4.78 is 17.1. The quantitative estimate of drug-likeness (QED) is 0.639. The molecule has 0 atom stereocenters. The highest BCUT2D eigenvalue weighted by Gasteiger charge is 2.04. The molecule has 0 bridgehead atoms. The number of rotatable bonds is 1. The van der Waals surface area contributed by atoms with Gasteiger partial charge in [0.1, 0.15) is 5.52 Å². The summed E-state index contributed by atoms with van der Waals surface area (Å²) in [5, 5.41) is 0. The van der Waals surface area contributed by atoms with Gasteiger partial charge in [-0.05, 0) is 17.7 Å². The Morgan fingerprint density at radius 3 is 3.08 bits per heavy atom. The molecule has 1 aromatic heterocycles. The van der Waals surface area contributed by atoms with E-state index in [0.29, 0.717) is 17.0 Å². The Bertz CT molecular complexity index is 412. The second kappa shape index (κ2) is 2.75. The molecule has 12 heavy (non-hydrogen) atoms. The number of hydrogen-bond acceptors (Lipinski definition) is 2. The van der Waals surface area contributed by atoms with Crippen molar-refractivity contribution < 1.29 is 8.81 Å². The van der Waals surface area contributed by atoms with E-state index in [1.165, 1.54) is 0 Å². The zero-order valence-corrected chi connectivity index (χ0v) is 6.81. The summed E-state index contributed by atoms with van der Waals surface area (Å²) >= 11 is 5.58. The zero-order chi connectivity index (χ0) is 8.55. The first-order valence-electron chi connectivity index (χ1n) is 3.40. The van der Waals surface area contributed by atoms with Crippen LogP contribution in [0.25, 0.3) is 11.1 Å². The van der Waals surface area contributed by atoms with E-state index in [9.17, 15) is 4.39 Å². The van der Waals surface area contributed by atoms with Crippen LogP contribution in [0.4, 0.5) is 4.39 Å². The highest BCUT2D eigenvalue weighted by atomic mass is 35.5. The fourth-order valence-electron chi connectivity index (χ4n) is 1.02. The van der Waals surface area contributed by atoms with Crippen LogP contribution in [-0.4, -0.2) is 4.98 Å². The molecule has 0 saturated heterocycles. The molecule has 2 aromatic rings. The van der Waals surface area contributed by atoms with Crippen molar-refractivity contribution in [2.24, 2.45) is 0 Å². The summed E-state index contributed by atoms with van der Waals surface area (Å²) in [6.07, 6.45) is -0.809. The lowest BCUT2D eigenvalue weighted by molar-refractivity contribution is 0.355. The second-order valence-electron chi connectivity index (χ2n) is 2.40. The summed E-state index contributed by atoms with van der Waals surface area (Å²) in [7, 11) is 0. The third kappa shape index (κ3) is 1.16. The molecule has 0 amide bonds. The van der Waals surface area contributed by atoms with E-state index in [0.717, 1.165) is 5.56 Å². The molecule has 1 heterocycles. The Kier molecular flexibility index (Phi) is 1.73. The molecule has 0 aliphatic heterocycles. The number of fused-ring (bicyclic) bond motifs is 1. The van der Waals surface area contributed by atoms with Crippen molar-refractivity contribution in [3.05, 3.63) is 29.9 Å². The van der Waals surface area contributed by atoms with Gasteiger partial charge in [0.05, 0.1) is 0 Å². The molecule has 4 heteroatoms. The molecule has 2 rings (SSSR count). The predicted octanol–water partition coefficient (Wildman–Crippen LogP) is 2.71. The molecule has 62 valence electrons. The molecule has 0 aliphatic carbocycles. The van der Waals surface area contributed by atoms with E-state index in [4.69, 9.17) is 11.6 Å². The van der Waals surface area contributed by atoms with Crippen LogP contribution in [0.5, 0.6) is 0 Å². The molecule has 0 saturated carbocycles. The number of oxazole rings is 1. The predicted molar refractivity (Wildman–Crippen MR) is 43.5 cm³/mol.